The van der Waals surface area contributed by atoms with Crippen LogP contribution >= 0.6 is 0 Å². The van der Waals surface area contributed by atoms with Gasteiger partial charge in [0.1, 0.15) is 6.04 Å². The van der Waals surface area contributed by atoms with Gasteiger partial charge in [0.15, 0.2) is 0 Å². The van der Waals surface area contributed by atoms with Gasteiger partial charge in [0.05, 0.1) is 4.90 Å². The summed E-state index contributed by atoms with van der Waals surface area (Å²) in [6.07, 6.45) is 5.71. The Labute approximate surface area is 144 Å². The van der Waals surface area contributed by atoms with E-state index in [0.29, 0.717) is 13.0 Å². The molecule has 2 aliphatic heterocycles. The Kier molecular flexibility index (Phi) is 5.25. The maximum absolute atomic E-state index is 13.0. The van der Waals surface area contributed by atoms with Gasteiger partial charge in [-0.2, -0.15) is 4.31 Å². The van der Waals surface area contributed by atoms with E-state index in [1.165, 1.54) is 4.31 Å². The molecule has 2 saturated heterocycles. The predicted molar refractivity (Wildman–Crippen MR) is 93.1 cm³/mol. The van der Waals surface area contributed by atoms with E-state index in [0.717, 1.165) is 50.8 Å². The van der Waals surface area contributed by atoms with Gasteiger partial charge in [-0.25, -0.2) is 8.42 Å². The van der Waals surface area contributed by atoms with Crippen molar-refractivity contribution in [3.63, 3.8) is 0 Å². The highest BCUT2D eigenvalue weighted by atomic mass is 32.2. The van der Waals surface area contributed by atoms with Gasteiger partial charge in [-0.3, -0.25) is 4.79 Å². The lowest BCUT2D eigenvalue weighted by Gasteiger charge is -2.29. The van der Waals surface area contributed by atoms with Gasteiger partial charge >= 0.3 is 0 Å². The third kappa shape index (κ3) is 3.49. The number of hydrogen-bond donors (Lipinski definition) is 0. The highest BCUT2D eigenvalue weighted by Crippen LogP contribution is 2.28. The van der Waals surface area contributed by atoms with E-state index < -0.39 is 16.1 Å². The van der Waals surface area contributed by atoms with Crippen molar-refractivity contribution in [2.45, 2.75) is 56.4 Å². The first-order valence-electron chi connectivity index (χ1n) is 8.87. The molecule has 0 saturated carbocycles. The molecule has 1 amide bonds. The van der Waals surface area contributed by atoms with Crippen molar-refractivity contribution in [1.29, 1.82) is 0 Å². The van der Waals surface area contributed by atoms with Gasteiger partial charge in [-0.05, 0) is 44.7 Å². The zero-order valence-electron chi connectivity index (χ0n) is 14.3. The minimum Gasteiger partial charge on any atom is -0.341 e. The number of rotatable bonds is 3. The quantitative estimate of drug-likeness (QED) is 0.842. The second kappa shape index (κ2) is 7.23. The molecular weight excluding hydrogens is 324 g/mol. The van der Waals surface area contributed by atoms with Crippen LogP contribution in [0, 0.1) is 6.92 Å². The molecule has 0 aromatic heterocycles. The van der Waals surface area contributed by atoms with Gasteiger partial charge in [0.25, 0.3) is 0 Å². The number of nitrogens with zero attached hydrogens (tertiary/aromatic N) is 2. The first-order chi connectivity index (χ1) is 11.5. The van der Waals surface area contributed by atoms with Crippen LogP contribution in [0.25, 0.3) is 0 Å². The van der Waals surface area contributed by atoms with E-state index in [9.17, 15) is 13.2 Å². The van der Waals surface area contributed by atoms with Crippen molar-refractivity contribution >= 4 is 15.9 Å². The molecule has 1 aromatic rings. The third-order valence-corrected chi connectivity index (χ3v) is 6.96. The van der Waals surface area contributed by atoms with Crippen LogP contribution < -0.4 is 0 Å². The number of likely N-dealkylation sites (tertiary alicyclic amines) is 1. The van der Waals surface area contributed by atoms with Crippen LogP contribution in [-0.2, 0) is 14.8 Å². The Hall–Kier alpha value is -1.40. The average Bonchev–Trinajstić information content (AvgIpc) is 2.91. The molecule has 3 rings (SSSR count). The lowest BCUT2D eigenvalue weighted by Crippen LogP contribution is -2.48. The maximum Gasteiger partial charge on any atom is 0.243 e. The zero-order chi connectivity index (χ0) is 17.2. The van der Waals surface area contributed by atoms with Crippen molar-refractivity contribution in [1.82, 2.24) is 9.21 Å². The van der Waals surface area contributed by atoms with Gasteiger partial charge in [0, 0.05) is 19.6 Å². The molecule has 1 aromatic carbocycles. The van der Waals surface area contributed by atoms with Crippen molar-refractivity contribution in [2.75, 3.05) is 19.6 Å². The molecule has 132 valence electrons. The van der Waals surface area contributed by atoms with Gasteiger partial charge in [-0.1, -0.05) is 30.5 Å². The fourth-order valence-electron chi connectivity index (χ4n) is 3.62. The van der Waals surface area contributed by atoms with Crippen LogP contribution in [0.15, 0.2) is 29.2 Å². The Balaban J connectivity index is 1.81. The number of sulfonamides is 1. The summed E-state index contributed by atoms with van der Waals surface area (Å²) in [7, 11) is -3.61. The standard InChI is InChI=1S/C18H26N2O3S/c1-15-8-10-16(11-9-15)24(22,23)20-14-6-7-17(20)18(21)19-12-4-2-3-5-13-19/h8-11,17H,2-7,12-14H2,1H3/t17-/m1/s1. The van der Waals surface area contributed by atoms with Crippen LogP contribution in [0.4, 0.5) is 0 Å². The number of aryl methyl sites for hydroxylation is 1. The molecule has 5 nitrogen and oxygen atoms in total. The molecule has 0 radical (unpaired) electrons. The number of amides is 1. The molecule has 0 N–H and O–H groups in total. The van der Waals surface area contributed by atoms with E-state index in [2.05, 4.69) is 0 Å². The lowest BCUT2D eigenvalue weighted by molar-refractivity contribution is -0.134. The summed E-state index contributed by atoms with van der Waals surface area (Å²) in [5.41, 5.74) is 1.02. The monoisotopic (exact) mass is 350 g/mol. The third-order valence-electron chi connectivity index (χ3n) is 5.03. The van der Waals surface area contributed by atoms with E-state index in [1.807, 2.05) is 11.8 Å². The highest BCUT2D eigenvalue weighted by molar-refractivity contribution is 7.89. The Bertz CT molecular complexity index is 677. The van der Waals surface area contributed by atoms with Crippen LogP contribution in [-0.4, -0.2) is 49.2 Å². The molecule has 0 spiro atoms. The molecule has 24 heavy (non-hydrogen) atoms. The summed E-state index contributed by atoms with van der Waals surface area (Å²) in [4.78, 5) is 15.1. The Morgan fingerprint density at radius 2 is 1.58 bits per heavy atom. The number of carbonyl (C=O) groups is 1. The number of carbonyl (C=O) groups excluding carboxylic acids is 1. The van der Waals surface area contributed by atoms with Crippen LogP contribution in [0.3, 0.4) is 0 Å². The topological polar surface area (TPSA) is 57.7 Å². The molecule has 1 atom stereocenters. The molecule has 0 bridgehead atoms. The fourth-order valence-corrected chi connectivity index (χ4v) is 5.27. The Morgan fingerprint density at radius 3 is 2.21 bits per heavy atom. The minimum absolute atomic E-state index is 0.00918. The summed E-state index contributed by atoms with van der Waals surface area (Å²) in [6.45, 7) is 3.87. The number of hydrogen-bond acceptors (Lipinski definition) is 3. The van der Waals surface area contributed by atoms with Crippen molar-refractivity contribution in [3.8, 4) is 0 Å². The van der Waals surface area contributed by atoms with Crippen molar-refractivity contribution in [3.05, 3.63) is 29.8 Å². The molecule has 6 heteroatoms. The van der Waals surface area contributed by atoms with Gasteiger partial charge < -0.3 is 4.90 Å². The van der Waals surface area contributed by atoms with Gasteiger partial charge in [0.2, 0.25) is 15.9 Å². The maximum atomic E-state index is 13.0. The number of benzene rings is 1. The van der Waals surface area contributed by atoms with Crippen molar-refractivity contribution in [2.24, 2.45) is 0 Å². The van der Waals surface area contributed by atoms with E-state index in [4.69, 9.17) is 0 Å². The minimum atomic E-state index is -3.61. The SMILES string of the molecule is Cc1ccc(S(=O)(=O)N2CCC[C@@H]2C(=O)N2CCCCCC2)cc1. The summed E-state index contributed by atoms with van der Waals surface area (Å²) in [5.74, 6) is -0.00918. The molecule has 2 aliphatic rings. The second-order valence-corrected chi connectivity index (χ2v) is 8.72. The second-order valence-electron chi connectivity index (χ2n) is 6.83. The molecule has 0 aliphatic carbocycles. The van der Waals surface area contributed by atoms with E-state index >= 15 is 0 Å². The molecule has 2 fully saturated rings. The predicted octanol–water partition coefficient (Wildman–Crippen LogP) is 2.55. The first-order valence-corrected chi connectivity index (χ1v) is 10.3. The van der Waals surface area contributed by atoms with Crippen molar-refractivity contribution < 1.29 is 13.2 Å². The normalized spacial score (nSPS) is 23.2. The largest absolute Gasteiger partial charge is 0.341 e. The summed E-state index contributed by atoms with van der Waals surface area (Å²) in [5, 5.41) is 0. The highest BCUT2D eigenvalue weighted by Gasteiger charge is 2.41. The first kappa shape index (κ1) is 17.4. The summed E-state index contributed by atoms with van der Waals surface area (Å²) < 4.78 is 27.4. The molecular formula is C18H26N2O3S. The van der Waals surface area contributed by atoms with E-state index in [1.54, 1.807) is 24.3 Å². The van der Waals surface area contributed by atoms with Crippen LogP contribution in [0.5, 0.6) is 0 Å². The Morgan fingerprint density at radius 1 is 0.958 bits per heavy atom. The average molecular weight is 350 g/mol. The summed E-state index contributed by atoms with van der Waals surface area (Å²) >= 11 is 0. The molecule has 2 heterocycles. The summed E-state index contributed by atoms with van der Waals surface area (Å²) in [6, 6.07) is 6.34. The van der Waals surface area contributed by atoms with Crippen LogP contribution in [0.1, 0.15) is 44.1 Å². The van der Waals surface area contributed by atoms with Crippen LogP contribution in [0.2, 0.25) is 0 Å². The van der Waals surface area contributed by atoms with E-state index in [-0.39, 0.29) is 10.8 Å². The zero-order valence-corrected chi connectivity index (χ0v) is 15.1. The smallest absolute Gasteiger partial charge is 0.243 e. The fraction of sp³-hybridized carbons (Fsp3) is 0.611. The lowest BCUT2D eigenvalue weighted by atomic mass is 10.2. The molecule has 0 unspecified atom stereocenters. The van der Waals surface area contributed by atoms with Gasteiger partial charge in [-0.15, -0.1) is 0 Å².